The highest BCUT2D eigenvalue weighted by atomic mass is 16.7. The molecule has 184 valence electrons. The number of hydrogen-bond donors (Lipinski definition) is 2. The van der Waals surface area contributed by atoms with E-state index in [-0.39, 0.29) is 49.9 Å². The maximum atomic E-state index is 13.8. The number of carbonyl (C=O) groups excluding carboxylic acids is 3. The molecule has 1 aliphatic rings. The van der Waals surface area contributed by atoms with Crippen molar-refractivity contribution in [2.75, 3.05) is 0 Å². The van der Waals surface area contributed by atoms with Crippen molar-refractivity contribution in [1.82, 2.24) is 0 Å². The van der Waals surface area contributed by atoms with Crippen molar-refractivity contribution in [2.24, 2.45) is 23.2 Å². The summed E-state index contributed by atoms with van der Waals surface area (Å²) in [4.78, 5) is 52.4. The van der Waals surface area contributed by atoms with Crippen molar-refractivity contribution in [3.05, 3.63) is 11.3 Å². The van der Waals surface area contributed by atoms with Gasteiger partial charge < -0.3 is 14.9 Å². The van der Waals surface area contributed by atoms with Gasteiger partial charge in [0.2, 0.25) is 11.4 Å². The monoisotopic (exact) mass is 462 g/mol. The van der Waals surface area contributed by atoms with Gasteiger partial charge in [-0.2, -0.15) is 0 Å². The van der Waals surface area contributed by atoms with E-state index in [0.29, 0.717) is 12.8 Å². The molecule has 0 saturated carbocycles. The Bertz CT molecular complexity index is 843. The molecule has 2 N–H and O–H groups in total. The molecule has 1 aliphatic carbocycles. The predicted octanol–water partition coefficient (Wildman–Crippen LogP) is 5.27. The number of Topliss-reactive ketones (excluding diaryl/α,β-unsaturated/α-hetero) is 3. The topological polar surface area (TPSA) is 118 Å². The highest BCUT2D eigenvalue weighted by molar-refractivity contribution is 6.32. The van der Waals surface area contributed by atoms with Crippen LogP contribution in [0.1, 0.15) is 86.5 Å². The highest BCUT2D eigenvalue weighted by Crippen LogP contribution is 2.57. The van der Waals surface area contributed by atoms with Crippen LogP contribution in [0.4, 0.5) is 4.79 Å². The molecule has 0 aromatic heterocycles. The molecule has 2 unspecified atom stereocenters. The molecular formula is C26H38O7. The van der Waals surface area contributed by atoms with Gasteiger partial charge in [-0.05, 0) is 43.4 Å². The Morgan fingerprint density at radius 2 is 1.58 bits per heavy atom. The molecule has 0 aromatic rings. The van der Waals surface area contributed by atoms with Crippen LogP contribution in [-0.4, -0.2) is 39.3 Å². The molecule has 1 rings (SSSR count). The number of hydrogen-bond acceptors (Lipinski definition) is 6. The quantitative estimate of drug-likeness (QED) is 0.166. The first-order valence-electron chi connectivity index (χ1n) is 11.7. The van der Waals surface area contributed by atoms with Gasteiger partial charge >= 0.3 is 6.16 Å². The van der Waals surface area contributed by atoms with Crippen LogP contribution in [0, 0.1) is 35.5 Å². The lowest BCUT2D eigenvalue weighted by Gasteiger charge is -2.42. The zero-order valence-corrected chi connectivity index (χ0v) is 20.7. The fraction of sp³-hybridized carbons (Fsp3) is 0.692. The third-order valence-corrected chi connectivity index (χ3v) is 6.21. The summed E-state index contributed by atoms with van der Waals surface area (Å²) in [5, 5.41) is 21.0. The zero-order valence-electron chi connectivity index (χ0n) is 20.7. The van der Waals surface area contributed by atoms with Crippen LogP contribution in [0.15, 0.2) is 11.3 Å². The number of aliphatic hydroxyl groups is 1. The van der Waals surface area contributed by atoms with Crippen molar-refractivity contribution in [2.45, 2.75) is 92.1 Å². The first-order valence-corrected chi connectivity index (χ1v) is 11.7. The van der Waals surface area contributed by atoms with Crippen LogP contribution in [0.5, 0.6) is 0 Å². The molecule has 0 radical (unpaired) electrons. The lowest BCUT2D eigenvalue weighted by atomic mass is 9.63. The van der Waals surface area contributed by atoms with Gasteiger partial charge in [0.25, 0.3) is 0 Å². The van der Waals surface area contributed by atoms with E-state index < -0.39 is 45.9 Å². The zero-order chi connectivity index (χ0) is 25.6. The number of aliphatic hydroxyl groups excluding tert-OH is 1. The Morgan fingerprint density at radius 1 is 1.00 bits per heavy atom. The Morgan fingerprint density at radius 3 is 2.03 bits per heavy atom. The molecule has 7 nitrogen and oxygen atoms in total. The minimum Gasteiger partial charge on any atom is -0.511 e. The summed E-state index contributed by atoms with van der Waals surface area (Å²) in [6, 6.07) is 0. The van der Waals surface area contributed by atoms with Crippen LogP contribution in [0.3, 0.4) is 0 Å². The van der Waals surface area contributed by atoms with Crippen molar-refractivity contribution >= 4 is 23.5 Å². The molecule has 0 aromatic carbocycles. The van der Waals surface area contributed by atoms with Crippen LogP contribution in [0.25, 0.3) is 0 Å². The number of terminal acetylenes is 1. The summed E-state index contributed by atoms with van der Waals surface area (Å²) in [6.45, 7) is 11.2. The average molecular weight is 463 g/mol. The Balaban J connectivity index is 3.91. The minimum absolute atomic E-state index is 0.0378. The Kier molecular flexibility index (Phi) is 9.89. The van der Waals surface area contributed by atoms with Crippen molar-refractivity contribution in [3.8, 4) is 12.3 Å². The van der Waals surface area contributed by atoms with Crippen molar-refractivity contribution in [1.29, 1.82) is 0 Å². The first-order chi connectivity index (χ1) is 15.3. The summed E-state index contributed by atoms with van der Waals surface area (Å²) in [5.74, 6) is -0.454. The maximum Gasteiger partial charge on any atom is 0.507 e. The van der Waals surface area contributed by atoms with E-state index >= 15 is 0 Å². The van der Waals surface area contributed by atoms with E-state index in [1.54, 1.807) is 13.8 Å². The SMILES string of the molecule is C#CCCC1(CCC(C)C)C(O)=C(C(=O)CC(C)C)C(=O)C1(OC(=O)O)C(=O)CCC(C)C. The normalized spacial score (nSPS) is 22.8. The van der Waals surface area contributed by atoms with E-state index in [4.69, 9.17) is 11.2 Å². The largest absolute Gasteiger partial charge is 0.511 e. The molecule has 0 aliphatic heterocycles. The van der Waals surface area contributed by atoms with Gasteiger partial charge in [0.1, 0.15) is 11.3 Å². The number of carboxylic acid groups (broad SMARTS) is 1. The van der Waals surface area contributed by atoms with Crippen LogP contribution < -0.4 is 0 Å². The van der Waals surface area contributed by atoms with Gasteiger partial charge in [-0.1, -0.05) is 41.5 Å². The second kappa shape index (κ2) is 11.5. The van der Waals surface area contributed by atoms with Crippen LogP contribution in [0.2, 0.25) is 0 Å². The molecule has 0 amide bonds. The summed E-state index contributed by atoms with van der Waals surface area (Å²) >= 11 is 0. The van der Waals surface area contributed by atoms with E-state index in [0.717, 1.165) is 0 Å². The van der Waals surface area contributed by atoms with Gasteiger partial charge in [0.15, 0.2) is 11.6 Å². The minimum atomic E-state index is -2.54. The van der Waals surface area contributed by atoms with E-state index in [2.05, 4.69) is 5.92 Å². The fourth-order valence-corrected chi connectivity index (χ4v) is 4.49. The summed E-state index contributed by atoms with van der Waals surface area (Å²) < 4.78 is 5.20. The molecule has 0 bridgehead atoms. The van der Waals surface area contributed by atoms with Crippen molar-refractivity contribution in [3.63, 3.8) is 0 Å². The fourth-order valence-electron chi connectivity index (χ4n) is 4.49. The van der Waals surface area contributed by atoms with Crippen LogP contribution in [-0.2, 0) is 19.1 Å². The maximum absolute atomic E-state index is 13.8. The lowest BCUT2D eigenvalue weighted by Crippen LogP contribution is -2.60. The Labute approximate surface area is 197 Å². The second-order valence-corrected chi connectivity index (χ2v) is 10.2. The highest BCUT2D eigenvalue weighted by Gasteiger charge is 2.71. The molecule has 7 heteroatoms. The average Bonchev–Trinajstić information content (AvgIpc) is 2.86. The number of ketones is 3. The lowest BCUT2D eigenvalue weighted by molar-refractivity contribution is -0.165. The van der Waals surface area contributed by atoms with Crippen molar-refractivity contribution < 1.29 is 34.1 Å². The van der Waals surface area contributed by atoms with Gasteiger partial charge in [-0.15, -0.1) is 12.3 Å². The molecule has 0 spiro atoms. The van der Waals surface area contributed by atoms with E-state index in [1.807, 2.05) is 27.7 Å². The van der Waals surface area contributed by atoms with Gasteiger partial charge in [-0.25, -0.2) is 4.79 Å². The predicted molar refractivity (Wildman–Crippen MR) is 125 cm³/mol. The van der Waals surface area contributed by atoms with E-state index in [9.17, 15) is 29.4 Å². The third-order valence-electron chi connectivity index (χ3n) is 6.21. The molecule has 0 heterocycles. The second-order valence-electron chi connectivity index (χ2n) is 10.2. The molecule has 2 atom stereocenters. The first kappa shape index (κ1) is 28.4. The third kappa shape index (κ3) is 5.85. The Hall–Kier alpha value is -2.62. The van der Waals surface area contributed by atoms with Gasteiger partial charge in [0, 0.05) is 19.3 Å². The number of carbonyl (C=O) groups is 4. The summed E-state index contributed by atoms with van der Waals surface area (Å²) in [6.07, 6.45) is 4.41. The number of rotatable bonds is 13. The number of ether oxygens (including phenoxy) is 1. The van der Waals surface area contributed by atoms with E-state index in [1.165, 1.54) is 0 Å². The molecule has 0 fully saturated rings. The smallest absolute Gasteiger partial charge is 0.507 e. The van der Waals surface area contributed by atoms with Crippen LogP contribution >= 0.6 is 0 Å². The summed E-state index contributed by atoms with van der Waals surface area (Å²) in [7, 11) is 0. The van der Waals surface area contributed by atoms with Gasteiger partial charge in [0.05, 0.1) is 5.41 Å². The molecular weight excluding hydrogens is 424 g/mol. The standard InChI is InChI=1S/C26H38O7/c1-8-9-13-25(14-12-17(4)5)22(29)21(19(27)15-18(6)7)23(30)26(25,33-24(31)32)20(28)11-10-16(2)3/h1,16-18,29H,9-15H2,2-7H3,(H,31,32). The summed E-state index contributed by atoms with van der Waals surface area (Å²) in [5.41, 5.74) is -4.79. The molecule has 33 heavy (non-hydrogen) atoms. The van der Waals surface area contributed by atoms with Gasteiger partial charge in [-0.3, -0.25) is 14.4 Å². The molecule has 0 saturated heterocycles.